The van der Waals surface area contributed by atoms with E-state index in [4.69, 9.17) is 4.74 Å². The van der Waals surface area contributed by atoms with E-state index in [1.165, 1.54) is 0 Å². The summed E-state index contributed by atoms with van der Waals surface area (Å²) in [5, 5.41) is 14.5. The van der Waals surface area contributed by atoms with Gasteiger partial charge in [0.05, 0.1) is 12.7 Å². The van der Waals surface area contributed by atoms with Crippen LogP contribution in [0.5, 0.6) is 11.5 Å². The van der Waals surface area contributed by atoms with Crippen molar-refractivity contribution in [3.8, 4) is 34.6 Å². The van der Waals surface area contributed by atoms with Crippen molar-refractivity contribution in [1.82, 2.24) is 9.78 Å². The van der Waals surface area contributed by atoms with Gasteiger partial charge in [-0.05, 0) is 39.0 Å². The molecule has 21 heavy (non-hydrogen) atoms. The molecule has 0 aliphatic heterocycles. The molecule has 0 fully saturated rings. The molecule has 2 rings (SSSR count). The van der Waals surface area contributed by atoms with Crippen molar-refractivity contribution < 1.29 is 9.84 Å². The third-order valence-electron chi connectivity index (χ3n) is 2.86. The largest absolute Gasteiger partial charge is 0.507 e. The number of hydrogen-bond donors (Lipinski definition) is 1. The molecule has 0 atom stereocenters. The first-order valence-electron chi connectivity index (χ1n) is 6.74. The van der Waals surface area contributed by atoms with Crippen molar-refractivity contribution in [3.05, 3.63) is 30.0 Å². The van der Waals surface area contributed by atoms with Gasteiger partial charge in [-0.3, -0.25) is 4.68 Å². The van der Waals surface area contributed by atoms with Gasteiger partial charge in [-0.1, -0.05) is 11.8 Å². The Morgan fingerprint density at radius 1 is 1.29 bits per heavy atom. The van der Waals surface area contributed by atoms with Gasteiger partial charge in [-0.25, -0.2) is 0 Å². The van der Waals surface area contributed by atoms with E-state index in [-0.39, 0.29) is 11.2 Å². The van der Waals surface area contributed by atoms with Crippen molar-refractivity contribution in [2.75, 3.05) is 7.11 Å². The summed E-state index contributed by atoms with van der Waals surface area (Å²) in [6.45, 7) is 6.16. The van der Waals surface area contributed by atoms with E-state index in [0.717, 1.165) is 5.56 Å². The fraction of sp³-hybridized carbons (Fsp3) is 0.353. The Morgan fingerprint density at radius 2 is 2.00 bits per heavy atom. The molecule has 0 saturated heterocycles. The van der Waals surface area contributed by atoms with Crippen molar-refractivity contribution in [2.45, 2.75) is 20.8 Å². The second kappa shape index (κ2) is 5.53. The molecule has 0 radical (unpaired) electrons. The van der Waals surface area contributed by atoms with Crippen LogP contribution in [0.15, 0.2) is 24.4 Å². The fourth-order valence-corrected chi connectivity index (χ4v) is 1.87. The minimum Gasteiger partial charge on any atom is -0.507 e. The average Bonchev–Trinajstić information content (AvgIpc) is 2.77. The van der Waals surface area contributed by atoms with Gasteiger partial charge in [0.25, 0.3) is 0 Å². The normalized spacial score (nSPS) is 10.9. The second-order valence-electron chi connectivity index (χ2n) is 5.95. The van der Waals surface area contributed by atoms with Gasteiger partial charge in [0.2, 0.25) is 0 Å². The lowest BCUT2D eigenvalue weighted by atomic mass is 9.97. The molecule has 0 amide bonds. The lowest BCUT2D eigenvalue weighted by Gasteiger charge is -2.07. The van der Waals surface area contributed by atoms with E-state index in [9.17, 15) is 5.11 Å². The summed E-state index contributed by atoms with van der Waals surface area (Å²) in [6, 6.07) is 5.08. The van der Waals surface area contributed by atoms with Crippen LogP contribution in [0.3, 0.4) is 0 Å². The van der Waals surface area contributed by atoms with Gasteiger partial charge >= 0.3 is 0 Å². The maximum atomic E-state index is 10.1. The van der Waals surface area contributed by atoms with E-state index in [2.05, 4.69) is 37.7 Å². The van der Waals surface area contributed by atoms with Crippen LogP contribution in [-0.4, -0.2) is 22.0 Å². The number of aryl methyl sites for hydroxylation is 1. The molecule has 1 aromatic heterocycles. The highest BCUT2D eigenvalue weighted by atomic mass is 16.5. The smallest absolute Gasteiger partial charge is 0.125 e. The van der Waals surface area contributed by atoms with E-state index < -0.39 is 0 Å². The van der Waals surface area contributed by atoms with E-state index in [1.807, 2.05) is 13.2 Å². The molecule has 4 heteroatoms. The van der Waals surface area contributed by atoms with Crippen molar-refractivity contribution in [2.24, 2.45) is 12.5 Å². The molecule has 2 aromatic rings. The van der Waals surface area contributed by atoms with Crippen LogP contribution in [0.2, 0.25) is 0 Å². The van der Waals surface area contributed by atoms with Gasteiger partial charge < -0.3 is 9.84 Å². The third kappa shape index (κ3) is 3.57. The standard InChI is InChI=1S/C17H20N2O2/c1-17(2,3)9-8-12-11-19(4)18-16(12)14-10-13(21-5)6-7-15(14)20/h6-7,10-11,20H,1-5H3. The number of aromatic nitrogens is 2. The Balaban J connectivity index is 2.56. The maximum absolute atomic E-state index is 10.1. The summed E-state index contributed by atoms with van der Waals surface area (Å²) < 4.78 is 6.91. The summed E-state index contributed by atoms with van der Waals surface area (Å²) in [4.78, 5) is 0. The molecular formula is C17H20N2O2. The maximum Gasteiger partial charge on any atom is 0.125 e. The number of phenols is 1. The SMILES string of the molecule is COc1ccc(O)c(-c2nn(C)cc2C#CC(C)(C)C)c1. The number of nitrogens with zero attached hydrogens (tertiary/aromatic N) is 2. The van der Waals surface area contributed by atoms with Crippen LogP contribution in [-0.2, 0) is 7.05 Å². The number of ether oxygens (including phenoxy) is 1. The highest BCUT2D eigenvalue weighted by Crippen LogP contribution is 2.33. The molecule has 0 spiro atoms. The molecule has 0 unspecified atom stereocenters. The van der Waals surface area contributed by atoms with Crippen LogP contribution >= 0.6 is 0 Å². The lowest BCUT2D eigenvalue weighted by molar-refractivity contribution is 0.412. The molecule has 0 saturated carbocycles. The quantitative estimate of drug-likeness (QED) is 0.861. The monoisotopic (exact) mass is 284 g/mol. The topological polar surface area (TPSA) is 47.3 Å². The van der Waals surface area contributed by atoms with Crippen molar-refractivity contribution in [1.29, 1.82) is 0 Å². The zero-order valence-corrected chi connectivity index (χ0v) is 13.1. The lowest BCUT2D eigenvalue weighted by Crippen LogP contribution is -1.99. The average molecular weight is 284 g/mol. The highest BCUT2D eigenvalue weighted by molar-refractivity contribution is 5.73. The molecule has 4 nitrogen and oxygen atoms in total. The first-order valence-corrected chi connectivity index (χ1v) is 6.74. The van der Waals surface area contributed by atoms with Crippen LogP contribution in [0.25, 0.3) is 11.3 Å². The predicted octanol–water partition coefficient (Wildman–Crippen LogP) is 3.20. The van der Waals surface area contributed by atoms with Gasteiger partial charge in [0.1, 0.15) is 17.2 Å². The van der Waals surface area contributed by atoms with Crippen LogP contribution < -0.4 is 4.74 Å². The van der Waals surface area contributed by atoms with Crippen LogP contribution in [0.1, 0.15) is 26.3 Å². The molecule has 1 heterocycles. The summed E-state index contributed by atoms with van der Waals surface area (Å²) in [5.74, 6) is 7.18. The molecule has 110 valence electrons. The Kier molecular flexibility index (Phi) is 3.95. The molecular weight excluding hydrogens is 264 g/mol. The summed E-state index contributed by atoms with van der Waals surface area (Å²) >= 11 is 0. The van der Waals surface area contributed by atoms with Crippen molar-refractivity contribution >= 4 is 0 Å². The number of aromatic hydroxyl groups is 1. The molecule has 1 N–H and O–H groups in total. The summed E-state index contributed by atoms with van der Waals surface area (Å²) in [6.07, 6.45) is 1.85. The molecule has 0 aliphatic carbocycles. The second-order valence-corrected chi connectivity index (χ2v) is 5.95. The Hall–Kier alpha value is -2.41. The third-order valence-corrected chi connectivity index (χ3v) is 2.86. The minimum atomic E-state index is -0.0937. The van der Waals surface area contributed by atoms with Gasteiger partial charge in [-0.15, -0.1) is 0 Å². The Labute approximate surface area is 125 Å². The fourth-order valence-electron chi connectivity index (χ4n) is 1.87. The van der Waals surface area contributed by atoms with Gasteiger partial charge in [-0.2, -0.15) is 5.10 Å². The van der Waals surface area contributed by atoms with Gasteiger partial charge in [0, 0.05) is 24.2 Å². The number of hydrogen-bond acceptors (Lipinski definition) is 3. The van der Waals surface area contributed by atoms with Crippen LogP contribution in [0, 0.1) is 17.3 Å². The Morgan fingerprint density at radius 3 is 2.62 bits per heavy atom. The first kappa shape index (κ1) is 15.0. The predicted molar refractivity (Wildman–Crippen MR) is 83.2 cm³/mol. The van der Waals surface area contributed by atoms with Crippen LogP contribution in [0.4, 0.5) is 0 Å². The zero-order valence-electron chi connectivity index (χ0n) is 13.1. The molecule has 0 aliphatic rings. The minimum absolute atomic E-state index is 0.0937. The number of benzene rings is 1. The van der Waals surface area contributed by atoms with E-state index in [1.54, 1.807) is 30.0 Å². The summed E-state index contributed by atoms with van der Waals surface area (Å²) in [7, 11) is 3.43. The highest BCUT2D eigenvalue weighted by Gasteiger charge is 2.14. The van der Waals surface area contributed by atoms with E-state index in [0.29, 0.717) is 17.0 Å². The first-order chi connectivity index (χ1) is 9.80. The molecule has 1 aromatic carbocycles. The number of methoxy groups -OCH3 is 1. The zero-order chi connectivity index (χ0) is 15.6. The van der Waals surface area contributed by atoms with E-state index >= 15 is 0 Å². The molecule has 0 bridgehead atoms. The van der Waals surface area contributed by atoms with Crippen molar-refractivity contribution in [3.63, 3.8) is 0 Å². The van der Waals surface area contributed by atoms with Gasteiger partial charge in [0.15, 0.2) is 0 Å². The Bertz CT molecular complexity index is 713. The number of rotatable bonds is 2. The number of phenolic OH excluding ortho intramolecular Hbond substituents is 1. The summed E-state index contributed by atoms with van der Waals surface area (Å²) in [5.41, 5.74) is 1.97.